The number of halogens is 3. The van der Waals surface area contributed by atoms with Crippen LogP contribution in [0.2, 0.25) is 0 Å². The van der Waals surface area contributed by atoms with Gasteiger partial charge < -0.3 is 24.9 Å². The van der Waals surface area contributed by atoms with E-state index in [0.29, 0.717) is 33.2 Å². The molecular formula is C25H20F3N5O2. The van der Waals surface area contributed by atoms with E-state index in [1.807, 2.05) is 0 Å². The third kappa shape index (κ3) is 4.37. The zero-order valence-electron chi connectivity index (χ0n) is 20.3. The Morgan fingerprint density at radius 1 is 1.11 bits per heavy atom. The van der Waals surface area contributed by atoms with E-state index in [2.05, 4.69) is 20.6 Å². The molecule has 0 aliphatic carbocycles. The smallest absolute Gasteiger partial charge is 0.416 e. The molecule has 35 heavy (non-hydrogen) atoms. The minimum absolute atomic E-state index is 0.0638. The molecule has 3 N–H and O–H groups in total. The first kappa shape index (κ1) is 20.0. The third-order valence-electron chi connectivity index (χ3n) is 5.45. The molecule has 0 radical (unpaired) electrons. The number of benzene rings is 2. The number of carbonyl (C=O) groups excluding carboxylic acids is 1. The van der Waals surface area contributed by atoms with Gasteiger partial charge in [-0.15, -0.1) is 0 Å². The number of hydrogen-bond donors (Lipinski definition) is 3. The second kappa shape index (κ2) is 8.71. The lowest BCUT2D eigenvalue weighted by molar-refractivity contribution is -0.137. The highest BCUT2D eigenvalue weighted by Crippen LogP contribution is 2.35. The highest BCUT2D eigenvalue weighted by Gasteiger charge is 2.31. The third-order valence-corrected chi connectivity index (χ3v) is 5.45. The SMILES string of the molecule is [2H]C([2H])(c1c[nH]c2ncccc12)n1ccc2c(NC(=O)Nc3cc(C(F)(F)F)ccc3OC)cccc21. The zero-order chi connectivity index (χ0) is 26.4. The summed E-state index contributed by atoms with van der Waals surface area (Å²) in [4.78, 5) is 19.9. The standard InChI is InChI=1S/C25H20F3N5O2/c1-35-22-8-7-16(25(26,27)28)12-20(22)32-24(34)31-19-5-2-6-21-18(19)9-11-33(21)14-15-13-30-23-17(15)4-3-10-29-23/h2-13H,14H2,1H3,(H,29,30)(H2,31,32,34)/i14D2. The van der Waals surface area contributed by atoms with Gasteiger partial charge in [0.1, 0.15) is 11.4 Å². The van der Waals surface area contributed by atoms with Gasteiger partial charge in [-0.2, -0.15) is 13.2 Å². The van der Waals surface area contributed by atoms with E-state index in [0.717, 1.165) is 18.2 Å². The summed E-state index contributed by atoms with van der Waals surface area (Å²) in [6.45, 7) is -1.96. The Morgan fingerprint density at radius 2 is 1.94 bits per heavy atom. The summed E-state index contributed by atoms with van der Waals surface area (Å²) >= 11 is 0. The van der Waals surface area contributed by atoms with Gasteiger partial charge in [0.15, 0.2) is 0 Å². The van der Waals surface area contributed by atoms with Gasteiger partial charge in [-0.05, 0) is 54.1 Å². The summed E-state index contributed by atoms with van der Waals surface area (Å²) in [6.07, 6.45) is 0.162. The van der Waals surface area contributed by atoms with Crippen molar-refractivity contribution in [1.29, 1.82) is 0 Å². The van der Waals surface area contributed by atoms with Gasteiger partial charge in [0, 0.05) is 35.9 Å². The molecule has 2 amide bonds. The number of H-pyrrole nitrogens is 1. The summed E-state index contributed by atoms with van der Waals surface area (Å²) in [5.74, 6) is 0.0638. The molecule has 0 saturated carbocycles. The van der Waals surface area contributed by atoms with E-state index < -0.39 is 24.3 Å². The Morgan fingerprint density at radius 3 is 2.74 bits per heavy atom. The predicted molar refractivity (Wildman–Crippen MR) is 128 cm³/mol. The molecule has 5 rings (SSSR count). The molecule has 5 aromatic rings. The van der Waals surface area contributed by atoms with Gasteiger partial charge in [-0.3, -0.25) is 0 Å². The second-order valence-corrected chi connectivity index (χ2v) is 7.63. The number of pyridine rings is 1. The Hall–Kier alpha value is -4.47. The topological polar surface area (TPSA) is 84.0 Å². The minimum Gasteiger partial charge on any atom is -0.495 e. The Bertz CT molecular complexity index is 1630. The van der Waals surface area contributed by atoms with Gasteiger partial charge in [0.25, 0.3) is 0 Å². The van der Waals surface area contributed by atoms with E-state index >= 15 is 0 Å². The number of anilines is 2. The van der Waals surface area contributed by atoms with Crippen LogP contribution in [0.5, 0.6) is 5.75 Å². The van der Waals surface area contributed by atoms with E-state index in [-0.39, 0.29) is 11.4 Å². The molecule has 7 nitrogen and oxygen atoms in total. The van der Waals surface area contributed by atoms with Crippen LogP contribution in [0, 0.1) is 0 Å². The van der Waals surface area contributed by atoms with Crippen molar-refractivity contribution >= 4 is 39.3 Å². The van der Waals surface area contributed by atoms with Crippen LogP contribution in [-0.4, -0.2) is 27.7 Å². The van der Waals surface area contributed by atoms with E-state index in [1.165, 1.54) is 11.7 Å². The fraction of sp³-hybridized carbons (Fsp3) is 0.120. The average molecular weight is 481 g/mol. The number of nitrogens with zero attached hydrogens (tertiary/aromatic N) is 2. The lowest BCUT2D eigenvalue weighted by Crippen LogP contribution is -2.20. The number of nitrogens with one attached hydrogen (secondary N) is 3. The van der Waals surface area contributed by atoms with Gasteiger partial charge >= 0.3 is 12.2 Å². The van der Waals surface area contributed by atoms with E-state index in [9.17, 15) is 18.0 Å². The van der Waals surface area contributed by atoms with Crippen LogP contribution in [0.1, 0.15) is 13.9 Å². The number of aromatic amines is 1. The number of hydrogen-bond acceptors (Lipinski definition) is 3. The number of amides is 2. The lowest BCUT2D eigenvalue weighted by atomic mass is 10.1. The molecule has 3 aromatic heterocycles. The molecule has 0 aliphatic heterocycles. The van der Waals surface area contributed by atoms with Gasteiger partial charge in [0.2, 0.25) is 0 Å². The Kier molecular flexibility index (Phi) is 4.97. The van der Waals surface area contributed by atoms with Crippen LogP contribution in [0.4, 0.5) is 29.3 Å². The quantitative estimate of drug-likeness (QED) is 0.278. The fourth-order valence-electron chi connectivity index (χ4n) is 3.81. The van der Waals surface area contributed by atoms with Gasteiger partial charge in [-0.25, -0.2) is 9.78 Å². The molecule has 0 atom stereocenters. The first-order chi connectivity index (χ1) is 17.6. The highest BCUT2D eigenvalue weighted by molar-refractivity contribution is 6.06. The van der Waals surface area contributed by atoms with Crippen molar-refractivity contribution in [2.24, 2.45) is 0 Å². The summed E-state index contributed by atoms with van der Waals surface area (Å²) in [5, 5.41) is 6.21. The van der Waals surface area contributed by atoms with Crippen LogP contribution in [0.25, 0.3) is 21.9 Å². The molecule has 0 spiro atoms. The molecule has 0 bridgehead atoms. The highest BCUT2D eigenvalue weighted by atomic mass is 19.4. The normalized spacial score (nSPS) is 12.9. The van der Waals surface area contributed by atoms with E-state index in [4.69, 9.17) is 7.48 Å². The number of fused-ring (bicyclic) bond motifs is 2. The van der Waals surface area contributed by atoms with E-state index in [1.54, 1.807) is 55.0 Å². The Balaban J connectivity index is 1.45. The zero-order valence-corrected chi connectivity index (χ0v) is 18.3. The van der Waals surface area contributed by atoms with Crippen molar-refractivity contribution in [3.8, 4) is 5.75 Å². The summed E-state index contributed by atoms with van der Waals surface area (Å²) in [6, 6.07) is 12.1. The maximum atomic E-state index is 13.1. The Labute approximate surface area is 200 Å². The van der Waals surface area contributed by atoms with Crippen LogP contribution >= 0.6 is 0 Å². The molecule has 10 heteroatoms. The van der Waals surface area contributed by atoms with Gasteiger partial charge in [-0.1, -0.05) is 6.07 Å². The molecule has 0 saturated heterocycles. The molecule has 0 unspecified atom stereocenters. The number of aromatic nitrogens is 3. The largest absolute Gasteiger partial charge is 0.495 e. The number of methoxy groups -OCH3 is 1. The van der Waals surface area contributed by atoms with Crippen molar-refractivity contribution in [3.63, 3.8) is 0 Å². The predicted octanol–water partition coefficient (Wildman–Crippen LogP) is 6.24. The van der Waals surface area contributed by atoms with Crippen molar-refractivity contribution in [2.45, 2.75) is 12.7 Å². The second-order valence-electron chi connectivity index (χ2n) is 7.63. The minimum atomic E-state index is -4.59. The first-order valence-electron chi connectivity index (χ1n) is 11.5. The molecule has 178 valence electrons. The molecule has 0 fully saturated rings. The maximum absolute atomic E-state index is 13.1. The summed E-state index contributed by atoms with van der Waals surface area (Å²) < 4.78 is 63.7. The number of urea groups is 1. The maximum Gasteiger partial charge on any atom is 0.416 e. The first-order valence-corrected chi connectivity index (χ1v) is 10.5. The van der Waals surface area contributed by atoms with Crippen molar-refractivity contribution in [3.05, 3.63) is 84.3 Å². The molecule has 0 aliphatic rings. The molecular weight excluding hydrogens is 459 g/mol. The molecule has 3 heterocycles. The van der Waals surface area contributed by atoms with Crippen LogP contribution < -0.4 is 15.4 Å². The average Bonchev–Trinajstić information content (AvgIpc) is 3.49. The van der Waals surface area contributed by atoms with Crippen LogP contribution in [-0.2, 0) is 12.7 Å². The summed E-state index contributed by atoms with van der Waals surface area (Å²) in [5.41, 5.74) is 0.706. The van der Waals surface area contributed by atoms with Gasteiger partial charge in [0.05, 0.1) is 32.3 Å². The lowest BCUT2D eigenvalue weighted by Gasteiger charge is -2.14. The monoisotopic (exact) mass is 481 g/mol. The van der Waals surface area contributed by atoms with Crippen LogP contribution in [0.15, 0.2) is 73.2 Å². The number of carbonyl (C=O) groups is 1. The van der Waals surface area contributed by atoms with Crippen LogP contribution in [0.3, 0.4) is 0 Å². The molecule has 2 aromatic carbocycles. The van der Waals surface area contributed by atoms with Crippen molar-refractivity contribution in [1.82, 2.24) is 14.5 Å². The summed E-state index contributed by atoms with van der Waals surface area (Å²) in [7, 11) is 1.28. The van der Waals surface area contributed by atoms with Crippen molar-refractivity contribution < 1.29 is 25.4 Å². The van der Waals surface area contributed by atoms with Crippen molar-refractivity contribution in [2.75, 3.05) is 17.7 Å². The number of alkyl halides is 3. The number of rotatable bonds is 5. The number of ether oxygens (including phenoxy) is 1. The fourth-order valence-corrected chi connectivity index (χ4v) is 3.81.